The highest BCUT2D eigenvalue weighted by molar-refractivity contribution is 7.99. The van der Waals surface area contributed by atoms with Crippen molar-refractivity contribution >= 4 is 11.8 Å². The van der Waals surface area contributed by atoms with Crippen molar-refractivity contribution < 1.29 is 0 Å². The van der Waals surface area contributed by atoms with E-state index in [1.807, 2.05) is 4.68 Å². The summed E-state index contributed by atoms with van der Waals surface area (Å²) in [5.41, 5.74) is 5.46. The Kier molecular flexibility index (Phi) is 3.96. The zero-order valence-electron chi connectivity index (χ0n) is 8.80. The lowest BCUT2D eigenvalue weighted by molar-refractivity contribution is 0.423. The van der Waals surface area contributed by atoms with Crippen molar-refractivity contribution in [1.82, 2.24) is 20.2 Å². The molecule has 1 aliphatic rings. The molecule has 1 aliphatic carbocycles. The average Bonchev–Trinajstić information content (AvgIpc) is 2.87. The Morgan fingerprint density at radius 2 is 2.20 bits per heavy atom. The topological polar surface area (TPSA) is 69.6 Å². The number of rotatable bonds is 5. The first kappa shape index (κ1) is 10.9. The normalized spacial score (nSPS) is 17.4. The SMILES string of the molecule is NCCCSc1nnnn1C1CCCC1. The summed E-state index contributed by atoms with van der Waals surface area (Å²) in [5, 5.41) is 12.8. The van der Waals surface area contributed by atoms with Crippen LogP contribution in [0.15, 0.2) is 5.16 Å². The zero-order valence-corrected chi connectivity index (χ0v) is 9.62. The van der Waals surface area contributed by atoms with E-state index in [0.29, 0.717) is 6.04 Å². The number of hydrogen-bond acceptors (Lipinski definition) is 5. The largest absolute Gasteiger partial charge is 0.330 e. The van der Waals surface area contributed by atoms with E-state index in [9.17, 15) is 0 Å². The van der Waals surface area contributed by atoms with E-state index < -0.39 is 0 Å². The van der Waals surface area contributed by atoms with Gasteiger partial charge in [-0.2, -0.15) is 0 Å². The minimum atomic E-state index is 0.528. The van der Waals surface area contributed by atoms with Crippen LogP contribution in [-0.4, -0.2) is 32.5 Å². The molecule has 84 valence electrons. The van der Waals surface area contributed by atoms with E-state index in [2.05, 4.69) is 15.5 Å². The maximum absolute atomic E-state index is 5.46. The van der Waals surface area contributed by atoms with E-state index in [1.54, 1.807) is 11.8 Å². The van der Waals surface area contributed by atoms with Crippen LogP contribution in [0.3, 0.4) is 0 Å². The van der Waals surface area contributed by atoms with Crippen LogP contribution in [0.1, 0.15) is 38.1 Å². The van der Waals surface area contributed by atoms with Gasteiger partial charge < -0.3 is 5.73 Å². The summed E-state index contributed by atoms with van der Waals surface area (Å²) in [6.45, 7) is 0.734. The summed E-state index contributed by atoms with van der Waals surface area (Å²) in [6.07, 6.45) is 6.06. The predicted molar refractivity (Wildman–Crippen MR) is 59.7 cm³/mol. The van der Waals surface area contributed by atoms with Crippen LogP contribution in [-0.2, 0) is 0 Å². The van der Waals surface area contributed by atoms with Crippen LogP contribution in [0.25, 0.3) is 0 Å². The minimum Gasteiger partial charge on any atom is -0.330 e. The fourth-order valence-corrected chi connectivity index (χ4v) is 2.81. The molecule has 0 atom stereocenters. The highest BCUT2D eigenvalue weighted by atomic mass is 32.2. The van der Waals surface area contributed by atoms with E-state index in [4.69, 9.17) is 5.73 Å². The van der Waals surface area contributed by atoms with Gasteiger partial charge in [0.1, 0.15) is 0 Å². The Morgan fingerprint density at radius 3 is 2.93 bits per heavy atom. The van der Waals surface area contributed by atoms with Crippen LogP contribution < -0.4 is 5.73 Å². The third kappa shape index (κ3) is 2.69. The smallest absolute Gasteiger partial charge is 0.209 e. The van der Waals surface area contributed by atoms with Gasteiger partial charge in [0.25, 0.3) is 0 Å². The van der Waals surface area contributed by atoms with E-state index in [1.165, 1.54) is 25.7 Å². The summed E-state index contributed by atoms with van der Waals surface area (Å²) >= 11 is 1.71. The summed E-state index contributed by atoms with van der Waals surface area (Å²) in [7, 11) is 0. The van der Waals surface area contributed by atoms with Gasteiger partial charge in [0.2, 0.25) is 5.16 Å². The highest BCUT2D eigenvalue weighted by Crippen LogP contribution is 2.31. The minimum absolute atomic E-state index is 0.528. The second-order valence-electron chi connectivity index (χ2n) is 3.83. The standard InChI is InChI=1S/C9H17N5S/c10-6-3-7-15-9-11-12-13-14(9)8-4-1-2-5-8/h8H,1-7,10H2. The van der Waals surface area contributed by atoms with Crippen molar-refractivity contribution in [3.63, 3.8) is 0 Å². The molecule has 5 nitrogen and oxygen atoms in total. The monoisotopic (exact) mass is 227 g/mol. The number of nitrogens with zero attached hydrogens (tertiary/aromatic N) is 4. The summed E-state index contributed by atoms with van der Waals surface area (Å²) in [4.78, 5) is 0. The molecule has 0 saturated heterocycles. The fourth-order valence-electron chi connectivity index (χ4n) is 1.91. The molecule has 2 rings (SSSR count). The van der Waals surface area contributed by atoms with Gasteiger partial charge in [-0.05, 0) is 36.2 Å². The van der Waals surface area contributed by atoms with Gasteiger partial charge >= 0.3 is 0 Å². The number of tetrazole rings is 1. The predicted octanol–water partition coefficient (Wildman–Crippen LogP) is 1.23. The van der Waals surface area contributed by atoms with Crippen LogP contribution in [0.2, 0.25) is 0 Å². The summed E-state index contributed by atoms with van der Waals surface area (Å²) in [5.74, 6) is 1.00. The van der Waals surface area contributed by atoms with Crippen molar-refractivity contribution in [2.45, 2.75) is 43.3 Å². The van der Waals surface area contributed by atoms with E-state index in [-0.39, 0.29) is 0 Å². The molecular formula is C9H17N5S. The van der Waals surface area contributed by atoms with Crippen molar-refractivity contribution in [3.05, 3.63) is 0 Å². The molecule has 1 saturated carbocycles. The Balaban J connectivity index is 1.95. The number of nitrogens with two attached hydrogens (primary N) is 1. The maximum Gasteiger partial charge on any atom is 0.209 e. The Labute approximate surface area is 93.8 Å². The van der Waals surface area contributed by atoms with Gasteiger partial charge in [0.05, 0.1) is 6.04 Å². The molecule has 0 spiro atoms. The summed E-state index contributed by atoms with van der Waals surface area (Å²) < 4.78 is 1.99. The van der Waals surface area contributed by atoms with Gasteiger partial charge in [0, 0.05) is 5.75 Å². The van der Waals surface area contributed by atoms with Gasteiger partial charge in [-0.25, -0.2) is 4.68 Å². The fraction of sp³-hybridized carbons (Fsp3) is 0.889. The van der Waals surface area contributed by atoms with Crippen LogP contribution in [0.5, 0.6) is 0 Å². The van der Waals surface area contributed by atoms with Crippen molar-refractivity contribution in [2.75, 3.05) is 12.3 Å². The average molecular weight is 227 g/mol. The molecule has 0 aliphatic heterocycles. The Morgan fingerprint density at radius 1 is 1.40 bits per heavy atom. The number of hydrogen-bond donors (Lipinski definition) is 1. The molecule has 0 amide bonds. The molecule has 0 bridgehead atoms. The van der Waals surface area contributed by atoms with E-state index in [0.717, 1.165) is 23.9 Å². The lowest BCUT2D eigenvalue weighted by atomic mass is 10.3. The second-order valence-corrected chi connectivity index (χ2v) is 4.90. The van der Waals surface area contributed by atoms with Gasteiger partial charge in [-0.15, -0.1) is 5.10 Å². The zero-order chi connectivity index (χ0) is 10.5. The van der Waals surface area contributed by atoms with Crippen molar-refractivity contribution in [1.29, 1.82) is 0 Å². The first-order valence-corrected chi connectivity index (χ1v) is 6.51. The third-order valence-corrected chi connectivity index (χ3v) is 3.73. The first-order valence-electron chi connectivity index (χ1n) is 5.52. The van der Waals surface area contributed by atoms with Gasteiger partial charge in [0.15, 0.2) is 0 Å². The molecule has 1 fully saturated rings. The lowest BCUT2D eigenvalue weighted by Gasteiger charge is -2.10. The molecule has 1 heterocycles. The van der Waals surface area contributed by atoms with Gasteiger partial charge in [-0.3, -0.25) is 0 Å². The van der Waals surface area contributed by atoms with E-state index >= 15 is 0 Å². The molecule has 0 radical (unpaired) electrons. The molecule has 6 heteroatoms. The second kappa shape index (κ2) is 5.46. The molecule has 15 heavy (non-hydrogen) atoms. The van der Waals surface area contributed by atoms with Crippen LogP contribution in [0.4, 0.5) is 0 Å². The van der Waals surface area contributed by atoms with Crippen molar-refractivity contribution in [2.24, 2.45) is 5.73 Å². The molecule has 1 aromatic rings. The molecule has 0 aromatic carbocycles. The molecular weight excluding hydrogens is 210 g/mol. The summed E-state index contributed by atoms with van der Waals surface area (Å²) in [6, 6.07) is 0.528. The molecule has 1 aromatic heterocycles. The van der Waals surface area contributed by atoms with Crippen molar-refractivity contribution in [3.8, 4) is 0 Å². The Hall–Kier alpha value is -0.620. The molecule has 0 unspecified atom stereocenters. The number of aromatic nitrogens is 4. The number of thioether (sulfide) groups is 1. The quantitative estimate of drug-likeness (QED) is 0.605. The first-order chi connectivity index (χ1) is 7.42. The Bertz CT molecular complexity index is 294. The van der Waals surface area contributed by atoms with Crippen LogP contribution in [0, 0.1) is 0 Å². The molecule has 2 N–H and O–H groups in total. The van der Waals surface area contributed by atoms with Gasteiger partial charge in [-0.1, -0.05) is 24.6 Å². The highest BCUT2D eigenvalue weighted by Gasteiger charge is 2.21. The maximum atomic E-state index is 5.46. The third-order valence-electron chi connectivity index (χ3n) is 2.71. The lowest BCUT2D eigenvalue weighted by Crippen LogP contribution is -2.08. The van der Waals surface area contributed by atoms with Crippen LogP contribution >= 0.6 is 11.8 Å².